The highest BCUT2D eigenvalue weighted by molar-refractivity contribution is 9.10. The van der Waals surface area contributed by atoms with Gasteiger partial charge in [-0.3, -0.25) is 0 Å². The van der Waals surface area contributed by atoms with E-state index in [0.717, 1.165) is 57.7 Å². The number of amides is 2. The van der Waals surface area contributed by atoms with E-state index >= 15 is 0 Å². The topological polar surface area (TPSA) is 76.2 Å². The first-order valence-electron chi connectivity index (χ1n) is 11.7. The summed E-state index contributed by atoms with van der Waals surface area (Å²) in [5.41, 5.74) is 2.00. The Hall–Kier alpha value is -3.13. The molecule has 176 valence electrons. The predicted molar refractivity (Wildman–Crippen MR) is 134 cm³/mol. The monoisotopic (exact) mass is 521 g/mol. The van der Waals surface area contributed by atoms with Crippen LogP contribution in [0.15, 0.2) is 63.5 Å². The molecule has 1 aliphatic rings. The molecule has 1 saturated heterocycles. The number of para-hydroxylation sites is 1. The molecular formula is C26H28BrN5O2. The molecule has 4 aromatic rings. The van der Waals surface area contributed by atoms with Gasteiger partial charge in [0.05, 0.1) is 18.6 Å². The van der Waals surface area contributed by atoms with Gasteiger partial charge in [-0.2, -0.15) is 0 Å². The first-order valence-corrected chi connectivity index (χ1v) is 12.5. The molecule has 2 amide bonds. The number of carbonyl (C=O) groups is 1. The van der Waals surface area contributed by atoms with Crippen molar-refractivity contribution in [3.8, 4) is 0 Å². The molecule has 2 atom stereocenters. The number of halogens is 1. The van der Waals surface area contributed by atoms with Gasteiger partial charge in [-0.05, 0) is 56.0 Å². The number of nitrogens with one attached hydrogen (secondary N) is 1. The van der Waals surface area contributed by atoms with Crippen LogP contribution in [-0.2, 0) is 6.54 Å². The summed E-state index contributed by atoms with van der Waals surface area (Å²) in [7, 11) is 0. The van der Waals surface area contributed by atoms with Crippen molar-refractivity contribution >= 4 is 32.9 Å². The molecule has 0 aliphatic carbocycles. The molecule has 8 heteroatoms. The Labute approximate surface area is 207 Å². The lowest BCUT2D eigenvalue weighted by Gasteiger charge is -2.27. The quantitative estimate of drug-likeness (QED) is 0.330. The van der Waals surface area contributed by atoms with Crippen LogP contribution in [-0.4, -0.2) is 32.2 Å². The first kappa shape index (κ1) is 22.7. The Kier molecular flexibility index (Phi) is 6.41. The number of aromatic nitrogens is 3. The summed E-state index contributed by atoms with van der Waals surface area (Å²) >= 11 is 3.49. The molecule has 0 radical (unpaired) electrons. The van der Waals surface area contributed by atoms with Crippen LogP contribution in [0.4, 0.5) is 4.79 Å². The summed E-state index contributed by atoms with van der Waals surface area (Å²) in [6.45, 7) is 5.38. The van der Waals surface area contributed by atoms with Gasteiger partial charge in [-0.1, -0.05) is 53.2 Å². The van der Waals surface area contributed by atoms with E-state index in [2.05, 4.69) is 55.1 Å². The van der Waals surface area contributed by atoms with E-state index in [-0.39, 0.29) is 18.1 Å². The Morgan fingerprint density at radius 3 is 2.76 bits per heavy atom. The lowest BCUT2D eigenvalue weighted by Crippen LogP contribution is -2.41. The van der Waals surface area contributed by atoms with Gasteiger partial charge in [0.1, 0.15) is 17.2 Å². The molecule has 0 bridgehead atoms. The molecule has 0 unspecified atom stereocenters. The minimum atomic E-state index is -0.191. The van der Waals surface area contributed by atoms with Crippen molar-refractivity contribution in [2.45, 2.75) is 51.7 Å². The average molecular weight is 522 g/mol. The third-order valence-corrected chi connectivity index (χ3v) is 7.05. The Morgan fingerprint density at radius 2 is 2.00 bits per heavy atom. The molecule has 0 saturated carbocycles. The summed E-state index contributed by atoms with van der Waals surface area (Å²) in [6, 6.07) is 17.8. The maximum absolute atomic E-state index is 13.4. The van der Waals surface area contributed by atoms with Crippen LogP contribution in [0.25, 0.3) is 11.0 Å². The summed E-state index contributed by atoms with van der Waals surface area (Å²) < 4.78 is 9.20. The van der Waals surface area contributed by atoms with Gasteiger partial charge in [0.2, 0.25) is 0 Å². The van der Waals surface area contributed by atoms with Crippen LogP contribution >= 0.6 is 15.9 Å². The van der Waals surface area contributed by atoms with Crippen LogP contribution in [0.5, 0.6) is 0 Å². The number of urea groups is 1. The van der Waals surface area contributed by atoms with Gasteiger partial charge in [0, 0.05) is 16.4 Å². The van der Waals surface area contributed by atoms with Crippen molar-refractivity contribution in [1.82, 2.24) is 25.0 Å². The Bertz CT molecular complexity index is 1260. The van der Waals surface area contributed by atoms with Crippen LogP contribution in [0.3, 0.4) is 0 Å². The lowest BCUT2D eigenvalue weighted by atomic mass is 10.1. The fourth-order valence-electron chi connectivity index (χ4n) is 4.67. The fourth-order valence-corrected chi connectivity index (χ4v) is 4.93. The van der Waals surface area contributed by atoms with Gasteiger partial charge in [-0.15, -0.1) is 10.2 Å². The number of hydrogen-bond acceptors (Lipinski definition) is 4. The standard InChI is InChI=1S/C26H28BrN5O2/c1-3-21(24-15-19-7-4-5-9-23(19)34-24)28-26(33)31-14-6-8-22(31)25-30-29-17(2)32(25)16-18-10-12-20(27)13-11-18/h4-5,7,9-13,15,21-22H,3,6,8,14,16H2,1-2H3,(H,28,33)/t21-,22+/m0/s1. The van der Waals surface area contributed by atoms with Gasteiger partial charge >= 0.3 is 6.03 Å². The highest BCUT2D eigenvalue weighted by Crippen LogP contribution is 2.33. The number of rotatable bonds is 6. The van der Waals surface area contributed by atoms with Crippen LogP contribution in [0, 0.1) is 6.92 Å². The first-order chi connectivity index (χ1) is 16.5. The maximum Gasteiger partial charge on any atom is 0.318 e. The highest BCUT2D eigenvalue weighted by Gasteiger charge is 2.35. The smallest absolute Gasteiger partial charge is 0.318 e. The zero-order valence-electron chi connectivity index (χ0n) is 19.4. The molecule has 1 fully saturated rings. The third-order valence-electron chi connectivity index (χ3n) is 6.52. The molecule has 7 nitrogen and oxygen atoms in total. The highest BCUT2D eigenvalue weighted by atomic mass is 79.9. The molecule has 1 N–H and O–H groups in total. The Morgan fingerprint density at radius 1 is 1.21 bits per heavy atom. The van der Waals surface area contributed by atoms with Crippen molar-refractivity contribution < 1.29 is 9.21 Å². The number of hydrogen-bond donors (Lipinski definition) is 1. The molecule has 2 aromatic heterocycles. The molecule has 0 spiro atoms. The normalized spacial score (nSPS) is 16.8. The van der Waals surface area contributed by atoms with Gasteiger partial charge in [-0.25, -0.2) is 4.79 Å². The summed E-state index contributed by atoms with van der Waals surface area (Å²) in [5, 5.41) is 13.1. The Balaban J connectivity index is 1.35. The summed E-state index contributed by atoms with van der Waals surface area (Å²) in [5.74, 6) is 2.46. The van der Waals surface area contributed by atoms with Crippen molar-refractivity contribution in [3.05, 3.63) is 82.0 Å². The number of aryl methyl sites for hydroxylation is 1. The van der Waals surface area contributed by atoms with Gasteiger partial charge in [0.15, 0.2) is 5.82 Å². The fraction of sp³-hybridized carbons (Fsp3) is 0.346. The number of furan rings is 1. The second-order valence-corrected chi connectivity index (χ2v) is 9.68. The zero-order valence-corrected chi connectivity index (χ0v) is 21.0. The SMILES string of the molecule is CC[C@H](NC(=O)N1CCC[C@@H]1c1nnc(C)n1Cc1ccc(Br)cc1)c1cc2ccccc2o1. The van der Waals surface area contributed by atoms with Gasteiger partial charge < -0.3 is 19.2 Å². The van der Waals surface area contributed by atoms with E-state index in [1.807, 2.05) is 54.3 Å². The van der Waals surface area contributed by atoms with Crippen molar-refractivity contribution in [1.29, 1.82) is 0 Å². The molecule has 34 heavy (non-hydrogen) atoms. The summed E-state index contributed by atoms with van der Waals surface area (Å²) in [4.78, 5) is 15.3. The van der Waals surface area contributed by atoms with E-state index in [1.165, 1.54) is 0 Å². The molecule has 2 aromatic carbocycles. The third kappa shape index (κ3) is 4.46. The van der Waals surface area contributed by atoms with Crippen LogP contribution in [0.2, 0.25) is 0 Å². The van der Waals surface area contributed by atoms with E-state index in [1.54, 1.807) is 0 Å². The molecule has 1 aliphatic heterocycles. The maximum atomic E-state index is 13.4. The number of carbonyl (C=O) groups excluding carboxylic acids is 1. The average Bonchev–Trinajstić information content (AvgIpc) is 3.57. The van der Waals surface area contributed by atoms with Crippen molar-refractivity contribution in [2.75, 3.05) is 6.54 Å². The second kappa shape index (κ2) is 9.62. The molecular weight excluding hydrogens is 494 g/mol. The van der Waals surface area contributed by atoms with Crippen molar-refractivity contribution in [2.24, 2.45) is 0 Å². The predicted octanol–water partition coefficient (Wildman–Crippen LogP) is 6.14. The molecule has 3 heterocycles. The minimum absolute atomic E-state index is 0.0920. The summed E-state index contributed by atoms with van der Waals surface area (Å²) in [6.07, 6.45) is 2.54. The number of nitrogens with zero attached hydrogens (tertiary/aromatic N) is 4. The van der Waals surface area contributed by atoms with Crippen LogP contribution < -0.4 is 5.32 Å². The number of likely N-dealkylation sites (tertiary alicyclic amines) is 1. The lowest BCUT2D eigenvalue weighted by molar-refractivity contribution is 0.184. The second-order valence-electron chi connectivity index (χ2n) is 8.77. The zero-order chi connectivity index (χ0) is 23.7. The largest absolute Gasteiger partial charge is 0.459 e. The van der Waals surface area contributed by atoms with E-state index in [4.69, 9.17) is 4.42 Å². The van der Waals surface area contributed by atoms with Crippen molar-refractivity contribution in [3.63, 3.8) is 0 Å². The van der Waals surface area contributed by atoms with Gasteiger partial charge in [0.25, 0.3) is 0 Å². The minimum Gasteiger partial charge on any atom is -0.459 e. The number of benzene rings is 2. The number of fused-ring (bicyclic) bond motifs is 1. The van der Waals surface area contributed by atoms with E-state index < -0.39 is 0 Å². The van der Waals surface area contributed by atoms with E-state index in [0.29, 0.717) is 13.1 Å². The molecule has 5 rings (SSSR count). The van der Waals surface area contributed by atoms with Crippen LogP contribution in [0.1, 0.15) is 61.2 Å². The van der Waals surface area contributed by atoms with E-state index in [9.17, 15) is 4.79 Å².